The zero-order chi connectivity index (χ0) is 9.97. The summed E-state index contributed by atoms with van der Waals surface area (Å²) in [6, 6.07) is 7.44. The van der Waals surface area contributed by atoms with Crippen LogP contribution >= 0.6 is 0 Å². The van der Waals surface area contributed by atoms with Gasteiger partial charge in [-0.1, -0.05) is 24.3 Å². The number of amides is 2. The van der Waals surface area contributed by atoms with Crippen molar-refractivity contribution >= 4 is 11.7 Å². The second-order valence-corrected chi connectivity index (χ2v) is 3.41. The Labute approximate surface area is 82.6 Å². The van der Waals surface area contributed by atoms with Crippen molar-refractivity contribution in [1.82, 2.24) is 0 Å². The molecule has 0 atom stereocenters. The highest BCUT2D eigenvalue weighted by Gasteiger charge is 2.14. The number of primary amides is 1. The Hall–Kier alpha value is -1.64. The standard InChI is InChI=1S/C11H12N2O/c12-11(14)13-10-7-3-5-8-4-1-2-6-9(8)10/h1-2,4,6H,3,5,7H2,(H2,12,14)/b13-10+. The van der Waals surface area contributed by atoms with Gasteiger partial charge in [-0.15, -0.1) is 0 Å². The number of benzene rings is 1. The van der Waals surface area contributed by atoms with Crippen LogP contribution in [-0.2, 0) is 6.42 Å². The number of aliphatic imine (C=N–C) groups is 1. The summed E-state index contributed by atoms with van der Waals surface area (Å²) in [5.41, 5.74) is 8.23. The molecule has 0 heterocycles. The van der Waals surface area contributed by atoms with Gasteiger partial charge in [0.05, 0.1) is 5.71 Å². The molecule has 72 valence electrons. The lowest BCUT2D eigenvalue weighted by Crippen LogP contribution is -2.16. The van der Waals surface area contributed by atoms with Crippen molar-refractivity contribution in [3.05, 3.63) is 35.4 Å². The molecule has 1 aromatic carbocycles. The fraction of sp³-hybridized carbons (Fsp3) is 0.273. The molecule has 1 aliphatic carbocycles. The van der Waals surface area contributed by atoms with E-state index in [1.165, 1.54) is 5.56 Å². The summed E-state index contributed by atoms with van der Waals surface area (Å²) >= 11 is 0. The van der Waals surface area contributed by atoms with Crippen LogP contribution in [0.2, 0.25) is 0 Å². The fourth-order valence-electron chi connectivity index (χ4n) is 1.85. The number of nitrogens with two attached hydrogens (primary N) is 1. The van der Waals surface area contributed by atoms with Crippen LogP contribution in [0.3, 0.4) is 0 Å². The van der Waals surface area contributed by atoms with Gasteiger partial charge in [0.25, 0.3) is 0 Å². The number of fused-ring (bicyclic) bond motifs is 1. The molecule has 0 spiro atoms. The maximum Gasteiger partial charge on any atom is 0.338 e. The van der Waals surface area contributed by atoms with Gasteiger partial charge in [0, 0.05) is 0 Å². The Kier molecular flexibility index (Phi) is 2.31. The van der Waals surface area contributed by atoms with Crippen LogP contribution < -0.4 is 5.73 Å². The first-order valence-corrected chi connectivity index (χ1v) is 4.72. The van der Waals surface area contributed by atoms with Gasteiger partial charge in [0.15, 0.2) is 0 Å². The number of rotatable bonds is 0. The van der Waals surface area contributed by atoms with Crippen molar-refractivity contribution in [2.75, 3.05) is 0 Å². The molecule has 1 aliphatic rings. The van der Waals surface area contributed by atoms with E-state index in [1.807, 2.05) is 18.2 Å². The Morgan fingerprint density at radius 1 is 1.29 bits per heavy atom. The molecule has 3 heteroatoms. The van der Waals surface area contributed by atoms with Crippen molar-refractivity contribution in [1.29, 1.82) is 0 Å². The molecule has 14 heavy (non-hydrogen) atoms. The highest BCUT2D eigenvalue weighted by atomic mass is 16.2. The van der Waals surface area contributed by atoms with Crippen LogP contribution in [-0.4, -0.2) is 11.7 Å². The summed E-state index contributed by atoms with van der Waals surface area (Å²) in [5.74, 6) is 0. The number of carbonyl (C=O) groups is 1. The van der Waals surface area contributed by atoms with Crippen LogP contribution in [0.15, 0.2) is 29.3 Å². The summed E-state index contributed by atoms with van der Waals surface area (Å²) in [7, 11) is 0. The lowest BCUT2D eigenvalue weighted by molar-refractivity contribution is 0.256. The SMILES string of the molecule is NC(=O)/N=C1\CCCc2ccccc21. The van der Waals surface area contributed by atoms with Crippen molar-refractivity contribution < 1.29 is 4.79 Å². The van der Waals surface area contributed by atoms with E-state index in [9.17, 15) is 4.79 Å². The molecule has 2 N–H and O–H groups in total. The zero-order valence-corrected chi connectivity index (χ0v) is 7.86. The third-order valence-electron chi connectivity index (χ3n) is 2.43. The number of carbonyl (C=O) groups excluding carboxylic acids is 1. The minimum absolute atomic E-state index is 0.600. The van der Waals surface area contributed by atoms with Gasteiger partial charge >= 0.3 is 6.03 Å². The largest absolute Gasteiger partial charge is 0.350 e. The lowest BCUT2D eigenvalue weighted by Gasteiger charge is -2.16. The molecular weight excluding hydrogens is 176 g/mol. The number of hydrogen-bond acceptors (Lipinski definition) is 1. The number of hydrogen-bond donors (Lipinski definition) is 1. The quantitative estimate of drug-likeness (QED) is 0.664. The van der Waals surface area contributed by atoms with E-state index >= 15 is 0 Å². The molecule has 0 aliphatic heterocycles. The molecule has 0 aromatic heterocycles. The van der Waals surface area contributed by atoms with Crippen molar-refractivity contribution in [2.24, 2.45) is 10.7 Å². The third-order valence-corrected chi connectivity index (χ3v) is 2.43. The first kappa shape index (κ1) is 8.94. The summed E-state index contributed by atoms with van der Waals surface area (Å²) < 4.78 is 0. The monoisotopic (exact) mass is 188 g/mol. The van der Waals surface area contributed by atoms with Crippen LogP contribution in [0.4, 0.5) is 4.79 Å². The van der Waals surface area contributed by atoms with Gasteiger partial charge in [-0.25, -0.2) is 4.79 Å². The minimum Gasteiger partial charge on any atom is -0.350 e. The Morgan fingerprint density at radius 2 is 2.07 bits per heavy atom. The molecule has 0 fully saturated rings. The van der Waals surface area contributed by atoms with E-state index in [4.69, 9.17) is 5.73 Å². The Bertz CT molecular complexity index is 396. The van der Waals surface area contributed by atoms with E-state index in [1.54, 1.807) is 0 Å². The molecule has 2 rings (SSSR count). The maximum atomic E-state index is 10.7. The molecule has 3 nitrogen and oxygen atoms in total. The highest BCUT2D eigenvalue weighted by Crippen LogP contribution is 2.21. The average molecular weight is 188 g/mol. The van der Waals surface area contributed by atoms with E-state index < -0.39 is 6.03 Å². The molecule has 0 unspecified atom stereocenters. The van der Waals surface area contributed by atoms with E-state index in [2.05, 4.69) is 11.1 Å². The van der Waals surface area contributed by atoms with E-state index in [-0.39, 0.29) is 0 Å². The number of aryl methyl sites for hydroxylation is 1. The highest BCUT2D eigenvalue weighted by molar-refractivity contribution is 6.07. The average Bonchev–Trinajstić information content (AvgIpc) is 2.18. The summed E-state index contributed by atoms with van der Waals surface area (Å²) in [4.78, 5) is 14.5. The summed E-state index contributed by atoms with van der Waals surface area (Å²) in [6.45, 7) is 0. The van der Waals surface area contributed by atoms with Crippen molar-refractivity contribution in [3.63, 3.8) is 0 Å². The van der Waals surface area contributed by atoms with Crippen LogP contribution in [0.25, 0.3) is 0 Å². The first-order valence-electron chi connectivity index (χ1n) is 4.72. The predicted octanol–water partition coefficient (Wildman–Crippen LogP) is 1.89. The minimum atomic E-state index is -0.600. The van der Waals surface area contributed by atoms with Gasteiger partial charge in [-0.2, -0.15) is 4.99 Å². The number of nitrogens with zero attached hydrogens (tertiary/aromatic N) is 1. The van der Waals surface area contributed by atoms with E-state index in [0.717, 1.165) is 30.5 Å². The van der Waals surface area contributed by atoms with Gasteiger partial charge in [-0.05, 0) is 30.4 Å². The molecule has 0 bridgehead atoms. The van der Waals surface area contributed by atoms with Crippen LogP contribution in [0, 0.1) is 0 Å². The van der Waals surface area contributed by atoms with Crippen molar-refractivity contribution in [3.8, 4) is 0 Å². The van der Waals surface area contributed by atoms with Gasteiger partial charge in [0.2, 0.25) is 0 Å². The molecular formula is C11H12N2O. The summed E-state index contributed by atoms with van der Waals surface area (Å²) in [6.07, 6.45) is 2.96. The first-order chi connectivity index (χ1) is 6.77. The third kappa shape index (κ3) is 1.66. The lowest BCUT2D eigenvalue weighted by atomic mass is 9.90. The smallest absolute Gasteiger partial charge is 0.338 e. The van der Waals surface area contributed by atoms with Crippen LogP contribution in [0.5, 0.6) is 0 Å². The fourth-order valence-corrected chi connectivity index (χ4v) is 1.85. The second-order valence-electron chi connectivity index (χ2n) is 3.41. The maximum absolute atomic E-state index is 10.7. The Morgan fingerprint density at radius 3 is 2.86 bits per heavy atom. The second kappa shape index (κ2) is 3.62. The predicted molar refractivity (Wildman–Crippen MR) is 55.5 cm³/mol. The molecule has 0 saturated heterocycles. The number of urea groups is 1. The Balaban J connectivity index is 2.45. The molecule has 0 saturated carbocycles. The van der Waals surface area contributed by atoms with Gasteiger partial charge in [-0.3, -0.25) is 0 Å². The molecule has 1 aromatic rings. The van der Waals surface area contributed by atoms with Crippen molar-refractivity contribution in [2.45, 2.75) is 19.3 Å². The molecule has 2 amide bonds. The van der Waals surface area contributed by atoms with Crippen LogP contribution in [0.1, 0.15) is 24.0 Å². The normalized spacial score (nSPS) is 17.9. The molecule has 0 radical (unpaired) electrons. The van der Waals surface area contributed by atoms with E-state index in [0.29, 0.717) is 0 Å². The van der Waals surface area contributed by atoms with Gasteiger partial charge < -0.3 is 5.73 Å². The van der Waals surface area contributed by atoms with Gasteiger partial charge in [0.1, 0.15) is 0 Å². The zero-order valence-electron chi connectivity index (χ0n) is 7.86. The topological polar surface area (TPSA) is 55.5 Å². The summed E-state index contributed by atoms with van der Waals surface area (Å²) in [5, 5.41) is 0.